The number of carbonyl (C=O) groups is 1. The summed E-state index contributed by atoms with van der Waals surface area (Å²) in [6, 6.07) is 22.2. The van der Waals surface area contributed by atoms with Crippen LogP contribution in [0.25, 0.3) is 10.6 Å². The third-order valence-corrected chi connectivity index (χ3v) is 7.44. The van der Waals surface area contributed by atoms with Crippen LogP contribution < -0.4 is 10.0 Å². The molecule has 0 aliphatic heterocycles. The number of hydrogen-bond donors (Lipinski definition) is 2. The fourth-order valence-corrected chi connectivity index (χ4v) is 5.32. The summed E-state index contributed by atoms with van der Waals surface area (Å²) >= 11 is 7.34. The molecule has 0 radical (unpaired) electrons. The van der Waals surface area contributed by atoms with Gasteiger partial charge in [-0.3, -0.25) is 9.52 Å². The Labute approximate surface area is 195 Å². The van der Waals surface area contributed by atoms with E-state index < -0.39 is 10.0 Å². The van der Waals surface area contributed by atoms with Gasteiger partial charge in [-0.2, -0.15) is 0 Å². The Morgan fingerprint density at radius 2 is 1.69 bits per heavy atom. The number of anilines is 2. The summed E-state index contributed by atoms with van der Waals surface area (Å²) < 4.78 is 28.0. The SMILES string of the molecule is Cc1nc(-c2ccccc2)sc1C(=O)Nc1cccc(S(=O)(=O)Nc2ccccc2Cl)c1. The van der Waals surface area contributed by atoms with Crippen LogP contribution in [0.15, 0.2) is 83.8 Å². The van der Waals surface area contributed by atoms with Gasteiger partial charge in [0.15, 0.2) is 0 Å². The molecule has 0 unspecified atom stereocenters. The van der Waals surface area contributed by atoms with E-state index in [9.17, 15) is 13.2 Å². The summed E-state index contributed by atoms with van der Waals surface area (Å²) in [4.78, 5) is 17.8. The number of aromatic nitrogens is 1. The molecule has 0 fully saturated rings. The second kappa shape index (κ2) is 9.12. The van der Waals surface area contributed by atoms with Gasteiger partial charge in [0.2, 0.25) is 0 Å². The maximum Gasteiger partial charge on any atom is 0.267 e. The molecule has 0 aliphatic carbocycles. The van der Waals surface area contributed by atoms with Gasteiger partial charge in [0.1, 0.15) is 9.88 Å². The van der Waals surface area contributed by atoms with E-state index in [1.54, 1.807) is 43.3 Å². The summed E-state index contributed by atoms with van der Waals surface area (Å²) in [5, 5.41) is 3.80. The van der Waals surface area contributed by atoms with Gasteiger partial charge in [-0.15, -0.1) is 11.3 Å². The number of aryl methyl sites for hydroxylation is 1. The molecule has 32 heavy (non-hydrogen) atoms. The highest BCUT2D eigenvalue weighted by Crippen LogP contribution is 2.29. The quantitative estimate of drug-likeness (QED) is 0.361. The van der Waals surface area contributed by atoms with Gasteiger partial charge in [-0.25, -0.2) is 13.4 Å². The van der Waals surface area contributed by atoms with E-state index in [2.05, 4.69) is 15.0 Å². The lowest BCUT2D eigenvalue weighted by Crippen LogP contribution is -2.15. The third-order valence-electron chi connectivity index (χ3n) is 4.54. The molecule has 0 saturated heterocycles. The standard InChI is InChI=1S/C23H18ClN3O3S2/c1-15-21(31-23(25-15)16-8-3-2-4-9-16)22(28)26-17-10-7-11-18(14-17)32(29,30)27-20-13-6-5-12-19(20)24/h2-14,27H,1H3,(H,26,28). The number of para-hydroxylation sites is 1. The van der Waals surface area contributed by atoms with Gasteiger partial charge >= 0.3 is 0 Å². The number of amides is 1. The van der Waals surface area contributed by atoms with Crippen molar-refractivity contribution in [3.05, 3.63) is 94.5 Å². The van der Waals surface area contributed by atoms with E-state index in [1.807, 2.05) is 30.3 Å². The fraction of sp³-hybridized carbons (Fsp3) is 0.0435. The number of carbonyl (C=O) groups excluding carboxylic acids is 1. The first-order valence-electron chi connectivity index (χ1n) is 9.55. The van der Waals surface area contributed by atoms with Crippen molar-refractivity contribution in [3.8, 4) is 10.6 Å². The van der Waals surface area contributed by atoms with Crippen molar-refractivity contribution in [2.75, 3.05) is 10.0 Å². The molecule has 1 amide bonds. The Balaban J connectivity index is 1.55. The van der Waals surface area contributed by atoms with Gasteiger partial charge in [-0.05, 0) is 37.3 Å². The molecule has 0 bridgehead atoms. The van der Waals surface area contributed by atoms with Gasteiger partial charge in [0.05, 0.1) is 21.3 Å². The molecule has 6 nitrogen and oxygen atoms in total. The van der Waals surface area contributed by atoms with E-state index in [1.165, 1.54) is 23.5 Å². The van der Waals surface area contributed by atoms with Gasteiger partial charge < -0.3 is 5.32 Å². The average Bonchev–Trinajstić information content (AvgIpc) is 3.18. The van der Waals surface area contributed by atoms with Crippen LogP contribution in [0.3, 0.4) is 0 Å². The van der Waals surface area contributed by atoms with E-state index in [4.69, 9.17) is 11.6 Å². The predicted molar refractivity (Wildman–Crippen MR) is 129 cm³/mol. The second-order valence-corrected chi connectivity index (χ2v) is 9.96. The number of sulfonamides is 1. The molecule has 9 heteroatoms. The van der Waals surface area contributed by atoms with Crippen molar-refractivity contribution < 1.29 is 13.2 Å². The molecule has 2 N–H and O–H groups in total. The number of hydrogen-bond acceptors (Lipinski definition) is 5. The molecule has 4 aromatic rings. The van der Waals surface area contributed by atoms with Crippen LogP contribution in [0.2, 0.25) is 5.02 Å². The first-order valence-corrected chi connectivity index (χ1v) is 12.2. The number of halogens is 1. The Bertz CT molecular complexity index is 1390. The zero-order valence-electron chi connectivity index (χ0n) is 16.9. The van der Waals surface area contributed by atoms with Gasteiger partial charge in [0.25, 0.3) is 15.9 Å². The summed E-state index contributed by atoms with van der Waals surface area (Å²) in [5.74, 6) is -0.351. The predicted octanol–water partition coefficient (Wildman–Crippen LogP) is 5.83. The highest BCUT2D eigenvalue weighted by atomic mass is 35.5. The third kappa shape index (κ3) is 4.83. The minimum absolute atomic E-state index is 0.00113. The summed E-state index contributed by atoms with van der Waals surface area (Å²) in [5.41, 5.74) is 2.16. The monoisotopic (exact) mass is 483 g/mol. The van der Waals surface area contributed by atoms with E-state index >= 15 is 0 Å². The summed E-state index contributed by atoms with van der Waals surface area (Å²) in [6.07, 6.45) is 0. The molecule has 162 valence electrons. The molecule has 0 spiro atoms. The van der Waals surface area contributed by atoms with Crippen LogP contribution >= 0.6 is 22.9 Å². The van der Waals surface area contributed by atoms with Crippen molar-refractivity contribution in [2.24, 2.45) is 0 Å². The van der Waals surface area contributed by atoms with Crippen LogP contribution in [0.1, 0.15) is 15.4 Å². The topological polar surface area (TPSA) is 88.2 Å². The maximum atomic E-state index is 12.9. The minimum atomic E-state index is -3.89. The normalized spacial score (nSPS) is 11.2. The van der Waals surface area contributed by atoms with Crippen molar-refractivity contribution in [2.45, 2.75) is 11.8 Å². The van der Waals surface area contributed by atoms with E-state index in [-0.39, 0.29) is 21.5 Å². The Morgan fingerprint density at radius 1 is 0.969 bits per heavy atom. The second-order valence-electron chi connectivity index (χ2n) is 6.87. The smallest absolute Gasteiger partial charge is 0.267 e. The van der Waals surface area contributed by atoms with Crippen molar-refractivity contribution in [1.82, 2.24) is 4.98 Å². The zero-order chi connectivity index (χ0) is 22.7. The Morgan fingerprint density at radius 3 is 2.44 bits per heavy atom. The maximum absolute atomic E-state index is 12.9. The lowest BCUT2D eigenvalue weighted by Gasteiger charge is -2.11. The van der Waals surface area contributed by atoms with Crippen molar-refractivity contribution >= 4 is 50.2 Å². The van der Waals surface area contributed by atoms with Gasteiger partial charge in [-0.1, -0.05) is 60.1 Å². The largest absolute Gasteiger partial charge is 0.321 e. The molecular formula is C23H18ClN3O3S2. The molecule has 1 heterocycles. The summed E-state index contributed by atoms with van der Waals surface area (Å²) in [7, 11) is -3.89. The molecule has 4 rings (SSSR count). The molecule has 3 aromatic carbocycles. The first kappa shape index (κ1) is 22.0. The van der Waals surface area contributed by atoms with Crippen molar-refractivity contribution in [3.63, 3.8) is 0 Å². The zero-order valence-corrected chi connectivity index (χ0v) is 19.3. The highest BCUT2D eigenvalue weighted by Gasteiger charge is 2.19. The number of nitrogens with one attached hydrogen (secondary N) is 2. The van der Waals surface area contributed by atoms with Crippen molar-refractivity contribution in [1.29, 1.82) is 0 Å². The van der Waals surface area contributed by atoms with Gasteiger partial charge in [0, 0.05) is 11.3 Å². The Kier molecular flexibility index (Phi) is 6.27. The molecular weight excluding hydrogens is 466 g/mol. The molecule has 1 aromatic heterocycles. The lowest BCUT2D eigenvalue weighted by atomic mass is 10.2. The van der Waals surface area contributed by atoms with E-state index in [0.29, 0.717) is 16.3 Å². The van der Waals surface area contributed by atoms with Crippen LogP contribution in [0, 0.1) is 6.92 Å². The highest BCUT2D eigenvalue weighted by molar-refractivity contribution is 7.92. The molecule has 0 saturated carbocycles. The lowest BCUT2D eigenvalue weighted by molar-refractivity contribution is 0.102. The minimum Gasteiger partial charge on any atom is -0.321 e. The number of nitrogens with zero attached hydrogens (tertiary/aromatic N) is 1. The Hall–Kier alpha value is -3.20. The number of thiazole rings is 1. The number of benzene rings is 3. The number of rotatable bonds is 6. The van der Waals surface area contributed by atoms with E-state index in [0.717, 1.165) is 10.6 Å². The first-order chi connectivity index (χ1) is 15.3. The average molecular weight is 484 g/mol. The summed E-state index contributed by atoms with van der Waals surface area (Å²) in [6.45, 7) is 1.77. The van der Waals surface area contributed by atoms with Crippen LogP contribution in [0.5, 0.6) is 0 Å². The van der Waals surface area contributed by atoms with Crippen LogP contribution in [0.4, 0.5) is 11.4 Å². The molecule has 0 aliphatic rings. The van der Waals surface area contributed by atoms with Crippen LogP contribution in [-0.4, -0.2) is 19.3 Å². The molecule has 0 atom stereocenters. The van der Waals surface area contributed by atoms with Crippen LogP contribution in [-0.2, 0) is 10.0 Å². The fourth-order valence-electron chi connectivity index (χ4n) is 2.99.